The molecule has 0 bridgehead atoms. The number of halogens is 1. The maximum Gasteiger partial charge on any atom is 0.228 e. The van der Waals surface area contributed by atoms with Crippen molar-refractivity contribution in [3.63, 3.8) is 0 Å². The van der Waals surface area contributed by atoms with E-state index in [2.05, 4.69) is 15.6 Å². The molecule has 0 fully saturated rings. The Kier molecular flexibility index (Phi) is 4.74. The van der Waals surface area contributed by atoms with Crippen molar-refractivity contribution in [2.75, 3.05) is 5.32 Å². The lowest BCUT2D eigenvalue weighted by Gasteiger charge is -2.29. The average Bonchev–Trinajstić information content (AvgIpc) is 3.07. The van der Waals surface area contributed by atoms with Crippen LogP contribution in [0.15, 0.2) is 54.3 Å². The zero-order valence-corrected chi connectivity index (χ0v) is 14.1. The summed E-state index contributed by atoms with van der Waals surface area (Å²) in [6.07, 6.45) is 5.41. The van der Waals surface area contributed by atoms with Gasteiger partial charge in [0, 0.05) is 23.6 Å². The number of aromatic nitrogens is 1. The number of carbonyl (C=O) groups is 1. The van der Waals surface area contributed by atoms with Crippen LogP contribution in [-0.2, 0) is 9.67 Å². The van der Waals surface area contributed by atoms with Gasteiger partial charge in [0.05, 0.1) is 17.7 Å². The number of hydrogen-bond acceptors (Lipinski definition) is 5. The van der Waals surface area contributed by atoms with Gasteiger partial charge >= 0.3 is 0 Å². The second kappa shape index (κ2) is 6.95. The van der Waals surface area contributed by atoms with Crippen LogP contribution in [0.3, 0.4) is 0 Å². The van der Waals surface area contributed by atoms with Crippen LogP contribution in [0, 0.1) is 11.3 Å². The summed E-state index contributed by atoms with van der Waals surface area (Å²) in [6, 6.07) is 10.6. The fourth-order valence-corrected chi connectivity index (χ4v) is 3.62. The molecule has 3 rings (SSSR count). The van der Waals surface area contributed by atoms with Crippen molar-refractivity contribution in [1.29, 1.82) is 5.26 Å². The molecule has 0 spiro atoms. The third-order valence-electron chi connectivity index (χ3n) is 3.59. The molecular formula is C17H13ClN4OS. The molecule has 0 saturated carbocycles. The van der Waals surface area contributed by atoms with Gasteiger partial charge in [-0.1, -0.05) is 23.4 Å². The summed E-state index contributed by atoms with van der Waals surface area (Å²) in [5.74, 6) is -0.200. The van der Waals surface area contributed by atoms with Crippen LogP contribution < -0.4 is 10.6 Å². The summed E-state index contributed by atoms with van der Waals surface area (Å²) >= 11 is 7.41. The molecule has 1 aliphatic heterocycles. The largest absolute Gasteiger partial charge is 0.372 e. The molecule has 120 valence electrons. The second-order valence-corrected chi connectivity index (χ2v) is 6.80. The van der Waals surface area contributed by atoms with Crippen LogP contribution in [0.2, 0.25) is 5.02 Å². The van der Waals surface area contributed by atoms with Gasteiger partial charge in [-0.3, -0.25) is 9.78 Å². The highest BCUT2D eigenvalue weighted by molar-refractivity contribution is 8.03. The minimum absolute atomic E-state index is 0.197. The average molecular weight is 357 g/mol. The van der Waals surface area contributed by atoms with E-state index >= 15 is 0 Å². The lowest BCUT2D eigenvalue weighted by atomic mass is 10.0. The normalized spacial score (nSPS) is 18.7. The molecule has 2 heterocycles. The maximum absolute atomic E-state index is 12.5. The Morgan fingerprint density at radius 3 is 2.83 bits per heavy atom. The Morgan fingerprint density at radius 2 is 2.17 bits per heavy atom. The van der Waals surface area contributed by atoms with E-state index < -0.39 is 4.87 Å². The van der Waals surface area contributed by atoms with E-state index in [4.69, 9.17) is 11.6 Å². The lowest BCUT2D eigenvalue weighted by molar-refractivity contribution is -0.116. The fraction of sp³-hybridized carbons (Fsp3) is 0.118. The number of hydrogen-bond donors (Lipinski definition) is 2. The molecule has 1 unspecified atom stereocenters. The summed E-state index contributed by atoms with van der Waals surface area (Å²) in [5.41, 5.74) is 1.74. The van der Waals surface area contributed by atoms with Gasteiger partial charge in [0.2, 0.25) is 5.91 Å². The topological polar surface area (TPSA) is 77.8 Å². The number of nitrogens with one attached hydrogen (secondary N) is 2. The molecule has 0 saturated heterocycles. The number of nitrogens with zero attached hydrogens (tertiary/aromatic N) is 2. The van der Waals surface area contributed by atoms with Gasteiger partial charge in [-0.15, -0.1) is 0 Å². The molecule has 1 atom stereocenters. The maximum atomic E-state index is 12.5. The van der Waals surface area contributed by atoms with Gasteiger partial charge in [0.1, 0.15) is 10.9 Å². The van der Waals surface area contributed by atoms with Gasteiger partial charge in [-0.25, -0.2) is 0 Å². The standard InChI is InChI=1S/C17H13ClN4OS/c18-14-1-2-15(12(9-14)11-19)22-16(23)10-17(21-7-8-24-17)13-3-5-20-6-4-13/h1-9,21H,10H2,(H,22,23). The number of carbonyl (C=O) groups excluding carboxylic acids is 1. The number of rotatable bonds is 4. The predicted molar refractivity (Wildman–Crippen MR) is 95.2 cm³/mol. The van der Waals surface area contributed by atoms with E-state index in [0.717, 1.165) is 5.56 Å². The Hall–Kier alpha value is -2.49. The van der Waals surface area contributed by atoms with Crippen LogP contribution in [0.25, 0.3) is 0 Å². The van der Waals surface area contributed by atoms with Crippen LogP contribution in [0.4, 0.5) is 5.69 Å². The Morgan fingerprint density at radius 1 is 1.38 bits per heavy atom. The van der Waals surface area contributed by atoms with Crippen LogP contribution in [-0.4, -0.2) is 10.9 Å². The summed E-state index contributed by atoms with van der Waals surface area (Å²) in [6.45, 7) is 0. The van der Waals surface area contributed by atoms with Crippen molar-refractivity contribution in [1.82, 2.24) is 10.3 Å². The summed E-state index contributed by atoms with van der Waals surface area (Å²) < 4.78 is 0. The zero-order chi connectivity index (χ0) is 17.0. The SMILES string of the molecule is N#Cc1cc(Cl)ccc1NC(=O)CC1(c2ccncc2)NC=CS1. The molecule has 0 aliphatic carbocycles. The van der Waals surface area contributed by atoms with Crippen molar-refractivity contribution < 1.29 is 4.79 Å². The van der Waals surface area contributed by atoms with Crippen molar-refractivity contribution in [3.8, 4) is 6.07 Å². The monoisotopic (exact) mass is 356 g/mol. The van der Waals surface area contributed by atoms with Crippen molar-refractivity contribution in [2.24, 2.45) is 0 Å². The molecule has 5 nitrogen and oxygen atoms in total. The van der Waals surface area contributed by atoms with Crippen molar-refractivity contribution in [2.45, 2.75) is 11.3 Å². The van der Waals surface area contributed by atoms with Gasteiger partial charge in [0.15, 0.2) is 0 Å². The van der Waals surface area contributed by atoms with E-state index in [-0.39, 0.29) is 12.3 Å². The van der Waals surface area contributed by atoms with Gasteiger partial charge in [-0.2, -0.15) is 5.26 Å². The summed E-state index contributed by atoms with van der Waals surface area (Å²) in [5, 5.41) is 17.6. The highest BCUT2D eigenvalue weighted by Gasteiger charge is 2.36. The lowest BCUT2D eigenvalue weighted by Crippen LogP contribution is -2.37. The minimum Gasteiger partial charge on any atom is -0.372 e. The first kappa shape index (κ1) is 16.4. The first-order valence-electron chi connectivity index (χ1n) is 7.13. The van der Waals surface area contributed by atoms with E-state index in [0.29, 0.717) is 16.3 Å². The van der Waals surface area contributed by atoms with E-state index in [1.165, 1.54) is 17.8 Å². The van der Waals surface area contributed by atoms with E-state index in [1.54, 1.807) is 24.5 Å². The number of thioether (sulfide) groups is 1. The van der Waals surface area contributed by atoms with Gasteiger partial charge < -0.3 is 10.6 Å². The number of pyridine rings is 1. The predicted octanol–water partition coefficient (Wildman–Crippen LogP) is 3.60. The Balaban J connectivity index is 1.80. The molecule has 24 heavy (non-hydrogen) atoms. The van der Waals surface area contributed by atoms with Gasteiger partial charge in [-0.05, 0) is 41.3 Å². The van der Waals surface area contributed by atoms with Crippen molar-refractivity contribution in [3.05, 3.63) is 70.5 Å². The highest BCUT2D eigenvalue weighted by Crippen LogP contribution is 2.41. The Bertz CT molecular complexity index is 824. The summed E-state index contributed by atoms with van der Waals surface area (Å²) in [7, 11) is 0. The first-order valence-corrected chi connectivity index (χ1v) is 8.39. The third-order valence-corrected chi connectivity index (χ3v) is 4.99. The van der Waals surface area contributed by atoms with Crippen LogP contribution in [0.5, 0.6) is 0 Å². The van der Waals surface area contributed by atoms with Crippen LogP contribution in [0.1, 0.15) is 17.5 Å². The first-order chi connectivity index (χ1) is 11.6. The quantitative estimate of drug-likeness (QED) is 0.875. The van der Waals surface area contributed by atoms with Crippen LogP contribution >= 0.6 is 23.4 Å². The van der Waals surface area contributed by atoms with E-state index in [9.17, 15) is 10.1 Å². The molecule has 1 aromatic carbocycles. The molecule has 2 N–H and O–H groups in total. The number of amides is 1. The molecule has 0 radical (unpaired) electrons. The Labute approximate surface area is 148 Å². The van der Waals surface area contributed by atoms with E-state index in [1.807, 2.05) is 29.8 Å². The highest BCUT2D eigenvalue weighted by atomic mass is 35.5. The fourth-order valence-electron chi connectivity index (χ4n) is 2.46. The molecule has 1 aromatic heterocycles. The third kappa shape index (κ3) is 3.37. The minimum atomic E-state index is -0.577. The molecule has 1 aliphatic rings. The molecular weight excluding hydrogens is 344 g/mol. The smallest absolute Gasteiger partial charge is 0.228 e. The number of anilines is 1. The number of nitriles is 1. The molecule has 1 amide bonds. The number of benzene rings is 1. The second-order valence-electron chi connectivity index (χ2n) is 5.15. The molecule has 7 heteroatoms. The molecule has 2 aromatic rings. The van der Waals surface area contributed by atoms with Gasteiger partial charge in [0.25, 0.3) is 0 Å². The summed E-state index contributed by atoms with van der Waals surface area (Å²) in [4.78, 5) is 16.0. The zero-order valence-electron chi connectivity index (χ0n) is 12.5. The van der Waals surface area contributed by atoms with Crippen molar-refractivity contribution >= 4 is 35.0 Å².